The van der Waals surface area contributed by atoms with Crippen molar-refractivity contribution in [2.24, 2.45) is 5.92 Å². The number of imide groups is 1. The predicted molar refractivity (Wildman–Crippen MR) is 97.4 cm³/mol. The first-order valence-electron chi connectivity index (χ1n) is 8.26. The minimum atomic E-state index is -0.437. The van der Waals surface area contributed by atoms with Crippen molar-refractivity contribution in [1.82, 2.24) is 5.32 Å². The van der Waals surface area contributed by atoms with E-state index in [2.05, 4.69) is 5.32 Å². The van der Waals surface area contributed by atoms with Gasteiger partial charge in [0.05, 0.1) is 9.93 Å². The van der Waals surface area contributed by atoms with Crippen molar-refractivity contribution >= 4 is 46.6 Å². The highest BCUT2D eigenvalue weighted by atomic mass is 35.5. The summed E-state index contributed by atoms with van der Waals surface area (Å²) >= 11 is 7.02. The normalized spacial score (nSPS) is 19.5. The summed E-state index contributed by atoms with van der Waals surface area (Å²) in [6.07, 6.45) is 7.75. The van der Waals surface area contributed by atoms with Crippen molar-refractivity contribution in [2.45, 2.75) is 38.5 Å². The first-order valence-corrected chi connectivity index (χ1v) is 9.46. The number of benzene rings is 1. The maximum atomic E-state index is 12.0. The lowest BCUT2D eigenvalue weighted by Crippen LogP contribution is -2.17. The lowest BCUT2D eigenvalue weighted by molar-refractivity contribution is -0.134. The number of ether oxygens (including phenoxy) is 1. The smallest absolute Gasteiger partial charge is 0.311 e. The fraction of sp³-hybridized carbons (Fsp3) is 0.389. The van der Waals surface area contributed by atoms with Gasteiger partial charge in [-0.3, -0.25) is 19.7 Å². The van der Waals surface area contributed by atoms with Crippen molar-refractivity contribution in [3.8, 4) is 5.75 Å². The van der Waals surface area contributed by atoms with Gasteiger partial charge in [0.2, 0.25) is 0 Å². The van der Waals surface area contributed by atoms with Crippen LogP contribution in [0.25, 0.3) is 6.08 Å². The summed E-state index contributed by atoms with van der Waals surface area (Å²) in [6, 6.07) is 4.83. The molecule has 0 spiro atoms. The van der Waals surface area contributed by atoms with Crippen molar-refractivity contribution in [3.63, 3.8) is 0 Å². The Morgan fingerprint density at radius 1 is 1.32 bits per heavy atom. The summed E-state index contributed by atoms with van der Waals surface area (Å²) in [5, 5.41) is 2.13. The molecule has 3 rings (SSSR count). The molecular formula is C18H18ClNO4S. The van der Waals surface area contributed by atoms with E-state index in [4.69, 9.17) is 16.3 Å². The number of rotatable bonds is 5. The molecule has 25 heavy (non-hydrogen) atoms. The van der Waals surface area contributed by atoms with Gasteiger partial charge in [0.1, 0.15) is 5.75 Å². The molecule has 7 heteroatoms. The summed E-state index contributed by atoms with van der Waals surface area (Å²) in [5.74, 6) is 0.324. The van der Waals surface area contributed by atoms with E-state index in [1.807, 2.05) is 0 Å². The molecule has 2 amide bonds. The largest absolute Gasteiger partial charge is 0.426 e. The molecule has 5 nitrogen and oxygen atoms in total. The third kappa shape index (κ3) is 4.86. The van der Waals surface area contributed by atoms with Crippen LogP contribution < -0.4 is 10.1 Å². The van der Waals surface area contributed by atoms with Crippen LogP contribution in [-0.2, 0) is 9.59 Å². The third-order valence-corrected chi connectivity index (χ3v) is 5.50. The van der Waals surface area contributed by atoms with E-state index in [9.17, 15) is 14.4 Å². The van der Waals surface area contributed by atoms with Gasteiger partial charge in [-0.05, 0) is 47.9 Å². The van der Waals surface area contributed by atoms with E-state index in [0.717, 1.165) is 18.2 Å². The van der Waals surface area contributed by atoms with Gasteiger partial charge >= 0.3 is 5.97 Å². The monoisotopic (exact) mass is 379 g/mol. The van der Waals surface area contributed by atoms with E-state index in [1.165, 1.54) is 25.7 Å². The molecule has 0 radical (unpaired) electrons. The van der Waals surface area contributed by atoms with Gasteiger partial charge in [0.15, 0.2) is 0 Å². The molecule has 132 valence electrons. The van der Waals surface area contributed by atoms with Crippen molar-refractivity contribution in [1.29, 1.82) is 0 Å². The lowest BCUT2D eigenvalue weighted by Gasteiger charge is -2.09. The van der Waals surface area contributed by atoms with Gasteiger partial charge in [-0.2, -0.15) is 0 Å². The van der Waals surface area contributed by atoms with Gasteiger partial charge in [0.25, 0.3) is 11.1 Å². The highest BCUT2D eigenvalue weighted by Gasteiger charge is 2.25. The fourth-order valence-electron chi connectivity index (χ4n) is 3.05. The lowest BCUT2D eigenvalue weighted by atomic mass is 10.0. The number of hydrogen-bond acceptors (Lipinski definition) is 5. The van der Waals surface area contributed by atoms with Crippen molar-refractivity contribution in [3.05, 3.63) is 33.7 Å². The molecule has 1 N–H and O–H groups in total. The molecule has 1 heterocycles. The molecule has 2 aliphatic rings. The maximum absolute atomic E-state index is 12.0. The Morgan fingerprint density at radius 2 is 2.08 bits per heavy atom. The van der Waals surface area contributed by atoms with Gasteiger partial charge in [-0.25, -0.2) is 0 Å². The molecule has 0 aromatic heterocycles. The second-order valence-electron chi connectivity index (χ2n) is 6.20. The van der Waals surface area contributed by atoms with Gasteiger partial charge in [-0.1, -0.05) is 37.3 Å². The van der Waals surface area contributed by atoms with Gasteiger partial charge < -0.3 is 4.74 Å². The van der Waals surface area contributed by atoms with Gasteiger partial charge in [-0.15, -0.1) is 0 Å². The highest BCUT2D eigenvalue weighted by Crippen LogP contribution is 2.31. The summed E-state index contributed by atoms with van der Waals surface area (Å²) in [4.78, 5) is 35.0. The minimum absolute atomic E-state index is 0.259. The average Bonchev–Trinajstić information content (AvgIpc) is 3.18. The Balaban J connectivity index is 1.59. The summed E-state index contributed by atoms with van der Waals surface area (Å²) in [5.41, 5.74) is 0.583. The van der Waals surface area contributed by atoms with Crippen molar-refractivity contribution < 1.29 is 19.1 Å². The number of carbonyl (C=O) groups is 3. The number of halogens is 1. The molecule has 1 saturated carbocycles. The molecule has 1 aromatic carbocycles. The summed E-state index contributed by atoms with van der Waals surface area (Å²) in [6.45, 7) is 0. The van der Waals surface area contributed by atoms with Crippen LogP contribution >= 0.6 is 23.4 Å². The molecule has 0 bridgehead atoms. The van der Waals surface area contributed by atoms with Crippen LogP contribution in [0.1, 0.15) is 44.1 Å². The Bertz CT molecular complexity index is 741. The Morgan fingerprint density at radius 3 is 2.72 bits per heavy atom. The van der Waals surface area contributed by atoms with E-state index >= 15 is 0 Å². The maximum Gasteiger partial charge on any atom is 0.311 e. The number of nitrogens with one attached hydrogen (secondary N) is 1. The van der Waals surface area contributed by atoms with Crippen LogP contribution in [0, 0.1) is 5.92 Å². The zero-order valence-electron chi connectivity index (χ0n) is 13.5. The first kappa shape index (κ1) is 18.0. The molecule has 0 atom stereocenters. The number of esters is 1. The van der Waals surface area contributed by atoms with Crippen LogP contribution in [0.15, 0.2) is 23.1 Å². The van der Waals surface area contributed by atoms with E-state index in [-0.39, 0.29) is 10.9 Å². The molecule has 1 aromatic rings. The Kier molecular flexibility index (Phi) is 5.81. The van der Waals surface area contributed by atoms with Crippen LogP contribution in [0.2, 0.25) is 5.02 Å². The first-order chi connectivity index (χ1) is 12.0. The number of amides is 2. The minimum Gasteiger partial charge on any atom is -0.426 e. The standard InChI is InChI=1S/C18H18ClNO4S/c19-14-10-13(24-16(21)8-5-11-3-1-2-4-11)7-6-12(14)9-15-17(22)20-18(23)25-15/h6-7,9-11H,1-5,8H2,(H,20,22,23). The molecular weight excluding hydrogens is 362 g/mol. The highest BCUT2D eigenvalue weighted by molar-refractivity contribution is 8.18. The molecule has 1 aliphatic heterocycles. The molecule has 2 fully saturated rings. The fourth-order valence-corrected chi connectivity index (χ4v) is 3.95. The third-order valence-electron chi connectivity index (χ3n) is 4.36. The van der Waals surface area contributed by atoms with Crippen LogP contribution in [-0.4, -0.2) is 17.1 Å². The van der Waals surface area contributed by atoms with Crippen LogP contribution in [0.5, 0.6) is 5.75 Å². The van der Waals surface area contributed by atoms with E-state index < -0.39 is 11.1 Å². The topological polar surface area (TPSA) is 72.5 Å². The van der Waals surface area contributed by atoms with Crippen LogP contribution in [0.4, 0.5) is 4.79 Å². The second kappa shape index (κ2) is 8.06. The van der Waals surface area contributed by atoms with E-state index in [1.54, 1.807) is 24.3 Å². The van der Waals surface area contributed by atoms with Gasteiger partial charge in [0, 0.05) is 12.5 Å². The number of thioether (sulfide) groups is 1. The molecule has 1 saturated heterocycles. The second-order valence-corrected chi connectivity index (χ2v) is 7.62. The average molecular weight is 380 g/mol. The number of carbonyl (C=O) groups excluding carboxylic acids is 3. The Hall–Kier alpha value is -1.79. The van der Waals surface area contributed by atoms with Crippen LogP contribution in [0.3, 0.4) is 0 Å². The summed E-state index contributed by atoms with van der Waals surface area (Å²) in [7, 11) is 0. The Labute approximate surface area is 155 Å². The summed E-state index contributed by atoms with van der Waals surface area (Å²) < 4.78 is 5.34. The molecule has 1 aliphatic carbocycles. The quantitative estimate of drug-likeness (QED) is 0.462. The SMILES string of the molecule is O=C(CCC1CCCC1)Oc1ccc(C=C2SC(=O)NC2=O)c(Cl)c1. The number of hydrogen-bond donors (Lipinski definition) is 1. The zero-order valence-corrected chi connectivity index (χ0v) is 15.1. The predicted octanol–water partition coefficient (Wildman–Crippen LogP) is 4.54. The molecule has 0 unspecified atom stereocenters. The zero-order chi connectivity index (χ0) is 17.8. The van der Waals surface area contributed by atoms with Crippen molar-refractivity contribution in [2.75, 3.05) is 0 Å². The van der Waals surface area contributed by atoms with E-state index in [0.29, 0.717) is 28.7 Å².